The number of amides is 4. The first-order valence-corrected chi connectivity index (χ1v) is 19.0. The Bertz CT molecular complexity index is 1570. The number of methoxy groups -OCH3 is 1. The number of Topliss-reactive ketones (excluding diaryl/α,β-unsaturated/α-hetero) is 1. The van der Waals surface area contributed by atoms with Crippen molar-refractivity contribution in [1.82, 2.24) is 20.9 Å². The Morgan fingerprint density at radius 2 is 1.75 bits per heavy atom. The lowest BCUT2D eigenvalue weighted by Gasteiger charge is -2.36. The van der Waals surface area contributed by atoms with Crippen LogP contribution in [0.1, 0.15) is 104 Å². The van der Waals surface area contributed by atoms with Crippen molar-refractivity contribution in [2.45, 2.75) is 122 Å². The second-order valence-electron chi connectivity index (χ2n) is 15.8. The van der Waals surface area contributed by atoms with Crippen molar-refractivity contribution in [2.75, 3.05) is 27.3 Å². The van der Waals surface area contributed by atoms with Gasteiger partial charge in [-0.3, -0.25) is 24.0 Å². The number of ketones is 1. The average Bonchev–Trinajstić information content (AvgIpc) is 3.72. The van der Waals surface area contributed by atoms with Gasteiger partial charge in [-0.15, -0.1) is 0 Å². The van der Waals surface area contributed by atoms with Crippen LogP contribution in [0.25, 0.3) is 0 Å². The van der Waals surface area contributed by atoms with Crippen molar-refractivity contribution in [2.24, 2.45) is 22.4 Å². The number of rotatable bonds is 14. The van der Waals surface area contributed by atoms with Crippen molar-refractivity contribution < 1.29 is 38.3 Å². The minimum Gasteiger partial charge on any atom is -0.496 e. The molecule has 5 rings (SSSR count). The first kappa shape index (κ1) is 39.3. The largest absolute Gasteiger partial charge is 0.496 e. The standard InChI is InChI=1S/C38H54ClN5O8/c1-7-51-30-18-29(50-6)24(17-25(30)39)27-19-38(52-43-27)20-28(34(47)41-26(15-23-13-14-23)32(46)35(48)40-5)44(21-38)36(49)33(37(2,3)4)42-31(45)16-22-11-9-8-10-12-22/h17-18,22-23,26,28,33H,7-16,19-21H2,1-6H3,(H,40,48)(H,41,47)(H,42,45)/t26-,28-,33+,38+/m0/s1. The molecule has 1 spiro atoms. The van der Waals surface area contributed by atoms with Gasteiger partial charge in [0.1, 0.15) is 23.6 Å². The van der Waals surface area contributed by atoms with Crippen LogP contribution in [0.5, 0.6) is 11.5 Å². The molecule has 0 radical (unpaired) electrons. The molecule has 2 aliphatic carbocycles. The zero-order chi connectivity index (χ0) is 37.8. The Kier molecular flexibility index (Phi) is 12.4. The highest BCUT2D eigenvalue weighted by Crippen LogP contribution is 2.43. The summed E-state index contributed by atoms with van der Waals surface area (Å²) in [6, 6.07) is 0.304. The number of ether oxygens (including phenoxy) is 2. The fourth-order valence-electron chi connectivity index (χ4n) is 7.62. The van der Waals surface area contributed by atoms with Gasteiger partial charge in [0, 0.05) is 37.9 Å². The molecule has 2 saturated carbocycles. The minimum absolute atomic E-state index is 0.00818. The second kappa shape index (κ2) is 16.4. The number of likely N-dealkylation sites (N-methyl/N-ethyl adjacent to an activating group) is 1. The topological polar surface area (TPSA) is 165 Å². The zero-order valence-electron chi connectivity index (χ0n) is 31.3. The van der Waals surface area contributed by atoms with E-state index in [4.69, 9.17) is 25.9 Å². The summed E-state index contributed by atoms with van der Waals surface area (Å²) in [6.45, 7) is 7.88. The predicted octanol–water partition coefficient (Wildman–Crippen LogP) is 4.31. The molecule has 2 aliphatic heterocycles. The summed E-state index contributed by atoms with van der Waals surface area (Å²) in [4.78, 5) is 75.5. The number of carbonyl (C=O) groups excluding carboxylic acids is 5. The molecule has 3 fully saturated rings. The number of halogens is 1. The number of nitrogens with one attached hydrogen (secondary N) is 3. The smallest absolute Gasteiger partial charge is 0.289 e. The number of oxime groups is 1. The molecule has 3 N–H and O–H groups in total. The SMILES string of the molecule is CCOc1cc(OC)c(C2=NO[C@]3(C2)C[C@@H](C(=O)N[C@@H](CC2CC2)C(=O)C(=O)NC)N(C(=O)[C@@H](NC(=O)CC2CCCCC2)C(C)(C)C)C3)cc1Cl. The third kappa shape index (κ3) is 9.19. The van der Waals surface area contributed by atoms with Gasteiger partial charge in [-0.05, 0) is 49.5 Å². The van der Waals surface area contributed by atoms with Gasteiger partial charge in [-0.1, -0.05) is 69.6 Å². The summed E-state index contributed by atoms with van der Waals surface area (Å²) in [7, 11) is 2.90. The molecule has 14 heteroatoms. The summed E-state index contributed by atoms with van der Waals surface area (Å²) < 4.78 is 11.3. The van der Waals surface area contributed by atoms with Crippen LogP contribution < -0.4 is 25.4 Å². The normalized spacial score (nSPS) is 22.9. The van der Waals surface area contributed by atoms with Gasteiger partial charge >= 0.3 is 0 Å². The Morgan fingerprint density at radius 1 is 1.04 bits per heavy atom. The molecular weight excluding hydrogens is 690 g/mol. The Balaban J connectivity index is 1.43. The molecule has 0 unspecified atom stereocenters. The number of hydrogen-bond acceptors (Lipinski definition) is 9. The van der Waals surface area contributed by atoms with E-state index >= 15 is 0 Å². The van der Waals surface area contributed by atoms with Crippen molar-refractivity contribution >= 4 is 46.7 Å². The third-order valence-corrected chi connectivity index (χ3v) is 11.0. The highest BCUT2D eigenvalue weighted by molar-refractivity contribution is 6.38. The Hall–Kier alpha value is -3.87. The molecule has 4 aliphatic rings. The maximum atomic E-state index is 14.7. The van der Waals surface area contributed by atoms with Crippen molar-refractivity contribution in [3.05, 3.63) is 22.7 Å². The van der Waals surface area contributed by atoms with Gasteiger partial charge in [0.15, 0.2) is 5.60 Å². The number of nitrogens with zero attached hydrogens (tertiary/aromatic N) is 2. The van der Waals surface area contributed by atoms with Gasteiger partial charge in [0.25, 0.3) is 5.91 Å². The van der Waals surface area contributed by atoms with E-state index in [1.54, 1.807) is 12.1 Å². The van der Waals surface area contributed by atoms with Gasteiger partial charge in [0.05, 0.1) is 37.0 Å². The van der Waals surface area contributed by atoms with Crippen LogP contribution in [0, 0.1) is 17.3 Å². The van der Waals surface area contributed by atoms with Crippen LogP contribution in [-0.2, 0) is 28.8 Å². The molecule has 4 amide bonds. The van der Waals surface area contributed by atoms with Gasteiger partial charge in [0.2, 0.25) is 23.5 Å². The number of benzene rings is 1. The Labute approximate surface area is 311 Å². The van der Waals surface area contributed by atoms with Gasteiger partial charge in [-0.2, -0.15) is 0 Å². The molecule has 0 aromatic heterocycles. The van der Waals surface area contributed by atoms with Crippen LogP contribution in [0.4, 0.5) is 0 Å². The maximum Gasteiger partial charge on any atom is 0.289 e. The van der Waals surface area contributed by atoms with Crippen LogP contribution in [0.2, 0.25) is 5.02 Å². The summed E-state index contributed by atoms with van der Waals surface area (Å²) in [5.74, 6) is -1.32. The van der Waals surface area contributed by atoms with Crippen molar-refractivity contribution in [3.63, 3.8) is 0 Å². The molecule has 4 atom stereocenters. The van der Waals surface area contributed by atoms with Gasteiger partial charge < -0.3 is 35.2 Å². The molecule has 1 aromatic carbocycles. The molecule has 0 bridgehead atoms. The first-order valence-electron chi connectivity index (χ1n) is 18.6. The average molecular weight is 744 g/mol. The third-order valence-electron chi connectivity index (χ3n) is 10.7. The zero-order valence-corrected chi connectivity index (χ0v) is 32.0. The van der Waals surface area contributed by atoms with E-state index in [0.29, 0.717) is 47.2 Å². The monoisotopic (exact) mass is 743 g/mol. The molecular formula is C38H54ClN5O8. The summed E-state index contributed by atoms with van der Waals surface area (Å²) >= 11 is 6.55. The summed E-state index contributed by atoms with van der Waals surface area (Å²) in [6.07, 6.45) is 8.09. The summed E-state index contributed by atoms with van der Waals surface area (Å²) in [5.41, 5.74) is -0.703. The molecule has 1 aromatic rings. The van der Waals surface area contributed by atoms with Crippen LogP contribution >= 0.6 is 11.6 Å². The molecule has 1 saturated heterocycles. The van der Waals surface area contributed by atoms with E-state index in [0.717, 1.165) is 38.5 Å². The first-order chi connectivity index (χ1) is 24.7. The van der Waals surface area contributed by atoms with Crippen molar-refractivity contribution in [3.8, 4) is 11.5 Å². The highest BCUT2D eigenvalue weighted by Gasteiger charge is 2.56. The van der Waals surface area contributed by atoms with Crippen molar-refractivity contribution in [1.29, 1.82) is 0 Å². The maximum absolute atomic E-state index is 14.7. The predicted molar refractivity (Wildman–Crippen MR) is 195 cm³/mol. The van der Waals surface area contributed by atoms with E-state index in [2.05, 4.69) is 21.1 Å². The van der Waals surface area contributed by atoms with Crippen LogP contribution in [0.3, 0.4) is 0 Å². The van der Waals surface area contributed by atoms with Crippen LogP contribution in [0.15, 0.2) is 17.3 Å². The van der Waals surface area contributed by atoms with E-state index in [1.165, 1.54) is 25.5 Å². The van der Waals surface area contributed by atoms with Crippen LogP contribution in [-0.4, -0.2) is 91.1 Å². The second-order valence-corrected chi connectivity index (χ2v) is 16.3. The van der Waals surface area contributed by atoms with E-state index < -0.39 is 52.6 Å². The molecule has 2 heterocycles. The summed E-state index contributed by atoms with van der Waals surface area (Å²) in [5, 5.41) is 13.0. The molecule has 13 nitrogen and oxygen atoms in total. The highest BCUT2D eigenvalue weighted by atomic mass is 35.5. The molecule has 52 heavy (non-hydrogen) atoms. The quantitative estimate of drug-likeness (QED) is 0.237. The fraction of sp³-hybridized carbons (Fsp3) is 0.684. The number of hydrogen-bond donors (Lipinski definition) is 3. The number of likely N-dealkylation sites (tertiary alicyclic amines) is 1. The van der Waals surface area contributed by atoms with Gasteiger partial charge in [-0.25, -0.2) is 0 Å². The number of carbonyl (C=O) groups is 5. The fourth-order valence-corrected chi connectivity index (χ4v) is 7.84. The minimum atomic E-state index is -1.10. The Morgan fingerprint density at radius 3 is 2.37 bits per heavy atom. The van der Waals surface area contributed by atoms with E-state index in [-0.39, 0.29) is 37.1 Å². The lowest BCUT2D eigenvalue weighted by atomic mass is 9.84. The van der Waals surface area contributed by atoms with E-state index in [9.17, 15) is 24.0 Å². The lowest BCUT2D eigenvalue weighted by Crippen LogP contribution is -2.59. The lowest BCUT2D eigenvalue weighted by molar-refractivity contribution is -0.145. The van der Waals surface area contributed by atoms with E-state index in [1.807, 2.05) is 27.7 Å². The molecule has 286 valence electrons.